The van der Waals surface area contributed by atoms with Crippen LogP contribution < -0.4 is 5.32 Å². The SMILES string of the molecule is Cc1ccc([C@H]2c3[nH]c4ccc(Cl)cc4c3CCN2C(=O)NC2CCCC2)cc1. The summed E-state index contributed by atoms with van der Waals surface area (Å²) in [6.07, 6.45) is 5.42. The van der Waals surface area contributed by atoms with Gasteiger partial charge in [-0.15, -0.1) is 0 Å². The molecule has 0 unspecified atom stereocenters. The molecular formula is C24H26ClN3O. The van der Waals surface area contributed by atoms with E-state index in [1.54, 1.807) is 0 Å². The van der Waals surface area contributed by atoms with Crippen LogP contribution in [0.3, 0.4) is 0 Å². The monoisotopic (exact) mass is 407 g/mol. The van der Waals surface area contributed by atoms with Crippen molar-refractivity contribution in [3.05, 3.63) is 69.9 Å². The summed E-state index contributed by atoms with van der Waals surface area (Å²) in [5, 5.41) is 5.20. The molecule has 1 aliphatic heterocycles. The molecule has 4 nitrogen and oxygen atoms in total. The van der Waals surface area contributed by atoms with E-state index in [9.17, 15) is 4.79 Å². The number of nitrogens with one attached hydrogen (secondary N) is 2. The van der Waals surface area contributed by atoms with Crippen molar-refractivity contribution in [2.24, 2.45) is 0 Å². The molecule has 2 aromatic carbocycles. The van der Waals surface area contributed by atoms with E-state index in [1.165, 1.54) is 29.4 Å². The molecule has 0 saturated heterocycles. The number of carbonyl (C=O) groups excluding carboxylic acids is 1. The number of carbonyl (C=O) groups is 1. The fraction of sp³-hybridized carbons (Fsp3) is 0.375. The van der Waals surface area contributed by atoms with Gasteiger partial charge in [0.15, 0.2) is 0 Å². The molecule has 150 valence electrons. The van der Waals surface area contributed by atoms with Crippen LogP contribution in [0, 0.1) is 6.92 Å². The van der Waals surface area contributed by atoms with E-state index in [4.69, 9.17) is 11.6 Å². The van der Waals surface area contributed by atoms with Crippen molar-refractivity contribution >= 4 is 28.5 Å². The number of nitrogens with zero attached hydrogens (tertiary/aromatic N) is 1. The molecule has 0 spiro atoms. The largest absolute Gasteiger partial charge is 0.356 e. The fourth-order valence-corrected chi connectivity index (χ4v) is 5.07. The molecule has 5 rings (SSSR count). The second-order valence-electron chi connectivity index (χ2n) is 8.39. The van der Waals surface area contributed by atoms with E-state index in [0.29, 0.717) is 12.6 Å². The van der Waals surface area contributed by atoms with E-state index in [-0.39, 0.29) is 12.1 Å². The molecular weight excluding hydrogens is 382 g/mol. The minimum absolute atomic E-state index is 0.0461. The van der Waals surface area contributed by atoms with Crippen LogP contribution >= 0.6 is 11.6 Å². The lowest BCUT2D eigenvalue weighted by Crippen LogP contribution is -2.48. The Labute approximate surface area is 176 Å². The summed E-state index contributed by atoms with van der Waals surface area (Å²) in [6.45, 7) is 2.79. The predicted octanol–water partition coefficient (Wildman–Crippen LogP) is 5.73. The molecule has 1 aliphatic carbocycles. The molecule has 2 amide bonds. The first-order valence-electron chi connectivity index (χ1n) is 10.5. The normalized spacial score (nSPS) is 19.5. The number of benzene rings is 2. The topological polar surface area (TPSA) is 48.1 Å². The van der Waals surface area contributed by atoms with E-state index < -0.39 is 0 Å². The first-order chi connectivity index (χ1) is 14.1. The molecule has 0 bridgehead atoms. The Bertz CT molecular complexity index is 1050. The third kappa shape index (κ3) is 3.40. The zero-order valence-corrected chi connectivity index (χ0v) is 17.4. The molecule has 1 saturated carbocycles. The first kappa shape index (κ1) is 18.6. The highest BCUT2D eigenvalue weighted by molar-refractivity contribution is 6.31. The van der Waals surface area contributed by atoms with Crippen molar-refractivity contribution in [3.8, 4) is 0 Å². The Balaban J connectivity index is 1.58. The van der Waals surface area contributed by atoms with Gasteiger partial charge in [0.2, 0.25) is 0 Å². The van der Waals surface area contributed by atoms with Crippen molar-refractivity contribution in [1.82, 2.24) is 15.2 Å². The van der Waals surface area contributed by atoms with E-state index >= 15 is 0 Å². The summed E-state index contributed by atoms with van der Waals surface area (Å²) in [7, 11) is 0. The van der Waals surface area contributed by atoms with Crippen molar-refractivity contribution in [2.45, 2.75) is 51.1 Å². The van der Waals surface area contributed by atoms with Gasteiger partial charge in [0.25, 0.3) is 0 Å². The number of amides is 2. The lowest BCUT2D eigenvalue weighted by molar-refractivity contribution is 0.175. The van der Waals surface area contributed by atoms with Crippen LogP contribution in [0.5, 0.6) is 0 Å². The Hall–Kier alpha value is -2.46. The number of urea groups is 1. The maximum absolute atomic E-state index is 13.3. The summed E-state index contributed by atoms with van der Waals surface area (Å²) >= 11 is 6.27. The zero-order valence-electron chi connectivity index (χ0n) is 16.7. The smallest absolute Gasteiger partial charge is 0.318 e. The van der Waals surface area contributed by atoms with E-state index in [2.05, 4.69) is 41.5 Å². The molecule has 1 fully saturated rings. The van der Waals surface area contributed by atoms with Crippen LogP contribution in [0.4, 0.5) is 4.79 Å². The molecule has 5 heteroatoms. The lowest BCUT2D eigenvalue weighted by Gasteiger charge is -2.37. The van der Waals surface area contributed by atoms with Gasteiger partial charge >= 0.3 is 6.03 Å². The highest BCUT2D eigenvalue weighted by atomic mass is 35.5. The van der Waals surface area contributed by atoms with Crippen molar-refractivity contribution in [2.75, 3.05) is 6.54 Å². The van der Waals surface area contributed by atoms with Crippen LogP contribution in [-0.4, -0.2) is 28.5 Å². The second-order valence-corrected chi connectivity index (χ2v) is 8.83. The number of aromatic nitrogens is 1. The summed E-state index contributed by atoms with van der Waals surface area (Å²) in [4.78, 5) is 18.9. The average molecular weight is 408 g/mol. The van der Waals surface area contributed by atoms with Crippen LogP contribution in [0.1, 0.15) is 54.1 Å². The van der Waals surface area contributed by atoms with Gasteiger partial charge in [-0.1, -0.05) is 54.3 Å². The Kier molecular flexibility index (Phi) is 4.75. The Morgan fingerprint density at radius 3 is 2.66 bits per heavy atom. The number of halogens is 1. The lowest BCUT2D eigenvalue weighted by atomic mass is 9.92. The zero-order chi connectivity index (χ0) is 20.0. The van der Waals surface area contributed by atoms with Gasteiger partial charge in [0.05, 0.1) is 6.04 Å². The molecule has 3 aromatic rings. The first-order valence-corrected chi connectivity index (χ1v) is 10.9. The molecule has 2 aliphatic rings. The summed E-state index contributed by atoms with van der Waals surface area (Å²) in [6, 6.07) is 14.7. The number of fused-ring (bicyclic) bond motifs is 3. The maximum Gasteiger partial charge on any atom is 0.318 e. The molecule has 1 aromatic heterocycles. The van der Waals surface area contributed by atoms with Crippen LogP contribution in [0.15, 0.2) is 42.5 Å². The molecule has 0 radical (unpaired) electrons. The van der Waals surface area contributed by atoms with Crippen LogP contribution in [-0.2, 0) is 6.42 Å². The van der Waals surface area contributed by atoms with Gasteiger partial charge in [-0.05, 0) is 55.5 Å². The standard InChI is InChI=1S/C24H26ClN3O/c1-15-6-8-16(9-7-15)23-22-19(20-14-17(25)10-11-21(20)27-22)12-13-28(23)24(29)26-18-4-2-3-5-18/h6-11,14,18,23,27H,2-5,12-13H2,1H3,(H,26,29)/t23-/m0/s1. The number of aryl methyl sites for hydroxylation is 1. The van der Waals surface area contributed by atoms with E-state index in [0.717, 1.165) is 41.1 Å². The van der Waals surface area contributed by atoms with Crippen molar-refractivity contribution < 1.29 is 4.79 Å². The second kappa shape index (κ2) is 7.42. The van der Waals surface area contributed by atoms with Gasteiger partial charge in [-0.25, -0.2) is 4.79 Å². The Morgan fingerprint density at radius 1 is 1.14 bits per heavy atom. The van der Waals surface area contributed by atoms with Gasteiger partial charge < -0.3 is 15.2 Å². The van der Waals surface area contributed by atoms with Gasteiger partial charge in [0.1, 0.15) is 0 Å². The maximum atomic E-state index is 13.3. The number of H-pyrrole nitrogens is 1. The average Bonchev–Trinajstić information content (AvgIpc) is 3.35. The number of hydrogen-bond donors (Lipinski definition) is 2. The summed E-state index contributed by atoms with van der Waals surface area (Å²) in [5.74, 6) is 0. The van der Waals surface area contributed by atoms with Crippen molar-refractivity contribution in [1.29, 1.82) is 0 Å². The van der Waals surface area contributed by atoms with Gasteiger partial charge in [-0.2, -0.15) is 0 Å². The third-order valence-corrected chi connectivity index (χ3v) is 6.66. The van der Waals surface area contributed by atoms with Crippen LogP contribution in [0.25, 0.3) is 10.9 Å². The molecule has 2 N–H and O–H groups in total. The minimum Gasteiger partial charge on any atom is -0.356 e. The molecule has 29 heavy (non-hydrogen) atoms. The van der Waals surface area contributed by atoms with Gasteiger partial charge in [-0.3, -0.25) is 0 Å². The quantitative estimate of drug-likeness (QED) is 0.560. The number of rotatable bonds is 2. The summed E-state index contributed by atoms with van der Waals surface area (Å²) < 4.78 is 0. The number of hydrogen-bond acceptors (Lipinski definition) is 1. The molecule has 1 atom stereocenters. The van der Waals surface area contributed by atoms with Crippen molar-refractivity contribution in [3.63, 3.8) is 0 Å². The van der Waals surface area contributed by atoms with Gasteiger partial charge in [0, 0.05) is 34.2 Å². The number of aromatic amines is 1. The molecule has 2 heterocycles. The highest BCUT2D eigenvalue weighted by Gasteiger charge is 2.35. The third-order valence-electron chi connectivity index (χ3n) is 6.43. The van der Waals surface area contributed by atoms with E-state index in [1.807, 2.05) is 23.1 Å². The van der Waals surface area contributed by atoms with Crippen LogP contribution in [0.2, 0.25) is 5.02 Å². The minimum atomic E-state index is -0.119. The predicted molar refractivity (Wildman–Crippen MR) is 118 cm³/mol. The highest BCUT2D eigenvalue weighted by Crippen LogP contribution is 2.39. The Morgan fingerprint density at radius 2 is 1.90 bits per heavy atom. The fourth-order valence-electron chi connectivity index (χ4n) is 4.90. The summed E-state index contributed by atoms with van der Waals surface area (Å²) in [5.41, 5.74) is 5.82.